The number of carbonyl (C=O) groups is 1. The molecule has 0 saturated carbocycles. The molecule has 0 aliphatic rings. The molecule has 0 amide bonds. The highest BCUT2D eigenvalue weighted by molar-refractivity contribution is 5.81. The van der Waals surface area contributed by atoms with Crippen LogP contribution < -0.4 is 14.2 Å². The van der Waals surface area contributed by atoms with Crippen LogP contribution in [0.4, 0.5) is 4.39 Å². The molecule has 0 aliphatic carbocycles. The summed E-state index contributed by atoms with van der Waals surface area (Å²) in [5.41, 5.74) is 1.76. The quantitative estimate of drug-likeness (QED) is 0.114. The van der Waals surface area contributed by atoms with Crippen LogP contribution in [0.25, 0.3) is 0 Å². The summed E-state index contributed by atoms with van der Waals surface area (Å²) < 4.78 is 42.7. The first-order chi connectivity index (χ1) is 18.0. The Kier molecular flexibility index (Phi) is 14.2. The Hall–Kier alpha value is -3.06. The second-order valence-electron chi connectivity index (χ2n) is 8.71. The minimum absolute atomic E-state index is 0.156. The van der Waals surface area contributed by atoms with Crippen LogP contribution in [0.15, 0.2) is 49.1 Å². The highest BCUT2D eigenvalue weighted by Crippen LogP contribution is 2.32. The molecule has 0 bridgehead atoms. The SMILES string of the molecule is C=CC(=O)OCCOC(C)c1ccc(OCCc2ccc(OCCCCC)c(F)c2)c(OCCCC)c1. The molecule has 1 atom stereocenters. The number of halogens is 1. The maximum absolute atomic E-state index is 14.4. The van der Waals surface area contributed by atoms with E-state index in [0.29, 0.717) is 37.7 Å². The van der Waals surface area contributed by atoms with Crippen LogP contribution in [0.1, 0.15) is 70.1 Å². The second-order valence-corrected chi connectivity index (χ2v) is 8.71. The Balaban J connectivity index is 1.94. The standard InChI is InChI=1S/C30H41FO6/c1-5-8-10-17-34-27-13-11-24(21-26(27)31)15-18-36-28-14-12-25(22-29(28)35-16-9-6-2)23(4)33-19-20-37-30(32)7-3/h7,11-14,21-23H,3,5-6,8-10,15-20H2,1-2,4H3. The molecule has 0 saturated heterocycles. The van der Waals surface area contributed by atoms with E-state index in [-0.39, 0.29) is 30.9 Å². The fourth-order valence-corrected chi connectivity index (χ4v) is 3.49. The molecule has 0 aromatic heterocycles. The van der Waals surface area contributed by atoms with Crippen LogP contribution in [0, 0.1) is 5.82 Å². The number of ether oxygens (including phenoxy) is 5. The average Bonchev–Trinajstić information content (AvgIpc) is 2.90. The van der Waals surface area contributed by atoms with Gasteiger partial charge in [-0.3, -0.25) is 0 Å². The number of unbranched alkanes of at least 4 members (excludes halogenated alkanes) is 3. The Morgan fingerprint density at radius 1 is 0.865 bits per heavy atom. The van der Waals surface area contributed by atoms with Gasteiger partial charge in [0.05, 0.1) is 32.5 Å². The van der Waals surface area contributed by atoms with Gasteiger partial charge in [0.25, 0.3) is 0 Å². The van der Waals surface area contributed by atoms with E-state index in [4.69, 9.17) is 23.7 Å². The normalized spacial score (nSPS) is 11.6. The first-order valence-electron chi connectivity index (χ1n) is 13.2. The van der Waals surface area contributed by atoms with E-state index in [2.05, 4.69) is 20.4 Å². The van der Waals surface area contributed by atoms with E-state index in [0.717, 1.165) is 49.3 Å². The molecule has 2 aromatic carbocycles. The molecule has 0 fully saturated rings. The third-order valence-corrected chi connectivity index (χ3v) is 5.70. The number of carbonyl (C=O) groups excluding carboxylic acids is 1. The summed E-state index contributed by atoms with van der Waals surface area (Å²) in [6, 6.07) is 10.8. The van der Waals surface area contributed by atoms with Crippen molar-refractivity contribution in [2.45, 2.75) is 65.4 Å². The topological polar surface area (TPSA) is 63.2 Å². The molecule has 2 aromatic rings. The van der Waals surface area contributed by atoms with Crippen LogP contribution >= 0.6 is 0 Å². The fourth-order valence-electron chi connectivity index (χ4n) is 3.49. The zero-order valence-electron chi connectivity index (χ0n) is 22.4. The van der Waals surface area contributed by atoms with Gasteiger partial charge in [0.2, 0.25) is 0 Å². The summed E-state index contributed by atoms with van der Waals surface area (Å²) >= 11 is 0. The Morgan fingerprint density at radius 3 is 2.30 bits per heavy atom. The molecular formula is C30H41FO6. The molecule has 204 valence electrons. The summed E-state index contributed by atoms with van der Waals surface area (Å²) in [5, 5.41) is 0. The van der Waals surface area contributed by atoms with Crippen molar-refractivity contribution in [2.75, 3.05) is 33.0 Å². The van der Waals surface area contributed by atoms with Gasteiger partial charge < -0.3 is 23.7 Å². The summed E-state index contributed by atoms with van der Waals surface area (Å²) in [5.74, 6) is 0.733. The minimum atomic E-state index is -0.473. The molecule has 6 nitrogen and oxygen atoms in total. The van der Waals surface area contributed by atoms with E-state index in [1.165, 1.54) is 6.07 Å². The van der Waals surface area contributed by atoms with Crippen molar-refractivity contribution >= 4 is 5.97 Å². The molecule has 0 aliphatic heterocycles. The lowest BCUT2D eigenvalue weighted by molar-refractivity contribution is -0.139. The number of rotatable bonds is 19. The molecule has 7 heteroatoms. The highest BCUT2D eigenvalue weighted by Gasteiger charge is 2.13. The summed E-state index contributed by atoms with van der Waals surface area (Å²) in [7, 11) is 0. The highest BCUT2D eigenvalue weighted by atomic mass is 19.1. The predicted molar refractivity (Wildman–Crippen MR) is 143 cm³/mol. The van der Waals surface area contributed by atoms with E-state index < -0.39 is 5.97 Å². The molecule has 0 radical (unpaired) electrons. The van der Waals surface area contributed by atoms with Crippen molar-refractivity contribution in [3.8, 4) is 17.2 Å². The average molecular weight is 517 g/mol. The number of hydrogen-bond acceptors (Lipinski definition) is 6. The zero-order valence-corrected chi connectivity index (χ0v) is 22.4. The number of hydrogen-bond donors (Lipinski definition) is 0. The maximum Gasteiger partial charge on any atom is 0.330 e. The predicted octanol–water partition coefficient (Wildman–Crippen LogP) is 7.00. The van der Waals surface area contributed by atoms with E-state index in [9.17, 15) is 9.18 Å². The first kappa shape index (κ1) is 30.2. The molecule has 0 spiro atoms. The second kappa shape index (κ2) is 17.4. The Morgan fingerprint density at radius 2 is 1.57 bits per heavy atom. The van der Waals surface area contributed by atoms with Gasteiger partial charge in [-0.25, -0.2) is 9.18 Å². The Bertz CT molecular complexity index is 961. The van der Waals surface area contributed by atoms with Gasteiger partial charge in [0.1, 0.15) is 6.61 Å². The van der Waals surface area contributed by atoms with Crippen molar-refractivity contribution in [3.05, 3.63) is 66.0 Å². The molecule has 2 rings (SSSR count). The smallest absolute Gasteiger partial charge is 0.330 e. The van der Waals surface area contributed by atoms with Crippen molar-refractivity contribution in [3.63, 3.8) is 0 Å². The minimum Gasteiger partial charge on any atom is -0.491 e. The maximum atomic E-state index is 14.4. The van der Waals surface area contributed by atoms with Crippen molar-refractivity contribution in [2.24, 2.45) is 0 Å². The van der Waals surface area contributed by atoms with Gasteiger partial charge in [0.15, 0.2) is 23.1 Å². The third kappa shape index (κ3) is 11.3. The van der Waals surface area contributed by atoms with E-state index in [1.807, 2.05) is 31.2 Å². The van der Waals surface area contributed by atoms with Gasteiger partial charge in [-0.15, -0.1) is 0 Å². The molecule has 0 heterocycles. The fraction of sp³-hybridized carbons (Fsp3) is 0.500. The zero-order chi connectivity index (χ0) is 26.9. The Labute approximate surface area is 220 Å². The van der Waals surface area contributed by atoms with Crippen LogP contribution in [0.5, 0.6) is 17.2 Å². The summed E-state index contributed by atoms with van der Waals surface area (Å²) in [6.45, 7) is 11.4. The van der Waals surface area contributed by atoms with Crippen molar-refractivity contribution < 1.29 is 32.9 Å². The summed E-state index contributed by atoms with van der Waals surface area (Å²) in [4.78, 5) is 11.1. The molecular weight excluding hydrogens is 475 g/mol. The van der Waals surface area contributed by atoms with Crippen LogP contribution in [-0.4, -0.2) is 39.0 Å². The van der Waals surface area contributed by atoms with Crippen LogP contribution in [0.2, 0.25) is 0 Å². The van der Waals surface area contributed by atoms with Crippen LogP contribution in [-0.2, 0) is 20.7 Å². The van der Waals surface area contributed by atoms with Gasteiger partial charge in [-0.2, -0.15) is 0 Å². The van der Waals surface area contributed by atoms with Gasteiger partial charge in [-0.05, 0) is 55.2 Å². The monoisotopic (exact) mass is 516 g/mol. The number of esters is 1. The van der Waals surface area contributed by atoms with E-state index >= 15 is 0 Å². The number of benzene rings is 2. The lowest BCUT2D eigenvalue weighted by atomic mass is 10.1. The molecule has 37 heavy (non-hydrogen) atoms. The molecule has 0 N–H and O–H groups in total. The third-order valence-electron chi connectivity index (χ3n) is 5.70. The van der Waals surface area contributed by atoms with Crippen LogP contribution in [0.3, 0.4) is 0 Å². The van der Waals surface area contributed by atoms with Gasteiger partial charge in [0, 0.05) is 12.5 Å². The van der Waals surface area contributed by atoms with Crippen molar-refractivity contribution in [1.82, 2.24) is 0 Å². The summed E-state index contributed by atoms with van der Waals surface area (Å²) in [6.07, 6.45) is 6.48. The van der Waals surface area contributed by atoms with E-state index in [1.54, 1.807) is 6.07 Å². The first-order valence-corrected chi connectivity index (χ1v) is 13.2. The van der Waals surface area contributed by atoms with Gasteiger partial charge >= 0.3 is 5.97 Å². The lowest BCUT2D eigenvalue weighted by Gasteiger charge is -2.18. The largest absolute Gasteiger partial charge is 0.491 e. The van der Waals surface area contributed by atoms with Gasteiger partial charge in [-0.1, -0.05) is 51.8 Å². The molecule has 1 unspecified atom stereocenters. The van der Waals surface area contributed by atoms with Crippen molar-refractivity contribution in [1.29, 1.82) is 0 Å². The lowest BCUT2D eigenvalue weighted by Crippen LogP contribution is -2.11.